The molecule has 3 N–H and O–H groups in total. The van der Waals surface area contributed by atoms with Crippen LogP contribution in [0.4, 0.5) is 0 Å². The lowest BCUT2D eigenvalue weighted by atomic mass is 10.1. The van der Waals surface area contributed by atoms with Gasteiger partial charge in [0.25, 0.3) is 0 Å². The molecule has 0 spiro atoms. The molecule has 1 aromatic carbocycles. The van der Waals surface area contributed by atoms with E-state index >= 15 is 0 Å². The number of aliphatic imine (C=N–C) groups is 1. The summed E-state index contributed by atoms with van der Waals surface area (Å²) in [5.74, 6) is 0.857. The molecule has 0 fully saturated rings. The minimum absolute atomic E-state index is 0. The number of H-pyrrole nitrogens is 1. The highest BCUT2D eigenvalue weighted by atomic mass is 127. The Balaban J connectivity index is 0.00000288. The van der Waals surface area contributed by atoms with E-state index in [1.165, 1.54) is 16.5 Å². The van der Waals surface area contributed by atoms with Gasteiger partial charge in [-0.15, -0.1) is 24.0 Å². The average Bonchev–Trinajstić information content (AvgIpc) is 2.95. The van der Waals surface area contributed by atoms with Crippen molar-refractivity contribution in [3.05, 3.63) is 36.0 Å². The molecule has 0 amide bonds. The number of nitrogens with one attached hydrogen (secondary N) is 3. The molecule has 0 bridgehead atoms. The highest BCUT2D eigenvalue weighted by Gasteiger charge is 2.05. The van der Waals surface area contributed by atoms with Crippen molar-refractivity contribution in [1.29, 1.82) is 0 Å². The van der Waals surface area contributed by atoms with E-state index in [1.54, 1.807) is 7.11 Å². The first kappa shape index (κ1) is 20.8. The molecule has 6 heteroatoms. The molecule has 1 atom stereocenters. The van der Waals surface area contributed by atoms with Crippen molar-refractivity contribution in [2.75, 3.05) is 26.8 Å². The standard InChI is InChI=1S/C18H28N4O.HI/c1-4-19-18(22-14(2)13-23-3)20-11-7-8-15-12-21-17-10-6-5-9-16(15)17;/h5-6,9-10,12,14,21H,4,7-8,11,13H2,1-3H3,(H2,19,20,22);1H. The Hall–Kier alpha value is -1.28. The molecule has 24 heavy (non-hydrogen) atoms. The van der Waals surface area contributed by atoms with Crippen molar-refractivity contribution < 1.29 is 4.74 Å². The smallest absolute Gasteiger partial charge is 0.191 e. The molecule has 134 valence electrons. The fourth-order valence-electron chi connectivity index (χ4n) is 2.64. The monoisotopic (exact) mass is 444 g/mol. The number of aromatic nitrogens is 1. The van der Waals surface area contributed by atoms with Gasteiger partial charge in [0.05, 0.1) is 6.61 Å². The lowest BCUT2D eigenvalue weighted by molar-refractivity contribution is 0.179. The van der Waals surface area contributed by atoms with Crippen LogP contribution in [0.3, 0.4) is 0 Å². The number of hydrogen-bond donors (Lipinski definition) is 3. The van der Waals surface area contributed by atoms with Crippen LogP contribution in [0.25, 0.3) is 10.9 Å². The highest BCUT2D eigenvalue weighted by Crippen LogP contribution is 2.18. The molecule has 1 aromatic heterocycles. The van der Waals surface area contributed by atoms with Gasteiger partial charge in [0.2, 0.25) is 0 Å². The van der Waals surface area contributed by atoms with Crippen LogP contribution in [0.5, 0.6) is 0 Å². The van der Waals surface area contributed by atoms with E-state index in [0.717, 1.165) is 31.9 Å². The summed E-state index contributed by atoms with van der Waals surface area (Å²) in [5.41, 5.74) is 2.57. The molecular weight excluding hydrogens is 415 g/mol. The van der Waals surface area contributed by atoms with E-state index < -0.39 is 0 Å². The van der Waals surface area contributed by atoms with E-state index in [2.05, 4.69) is 64.9 Å². The summed E-state index contributed by atoms with van der Waals surface area (Å²) in [5, 5.41) is 7.94. The fourth-order valence-corrected chi connectivity index (χ4v) is 2.64. The minimum Gasteiger partial charge on any atom is -0.383 e. The van der Waals surface area contributed by atoms with E-state index in [9.17, 15) is 0 Å². The summed E-state index contributed by atoms with van der Waals surface area (Å²) in [7, 11) is 1.71. The lowest BCUT2D eigenvalue weighted by Crippen LogP contribution is -2.44. The number of halogens is 1. The molecule has 0 aliphatic rings. The summed E-state index contributed by atoms with van der Waals surface area (Å²) in [6, 6.07) is 8.67. The van der Waals surface area contributed by atoms with Gasteiger partial charge in [0.1, 0.15) is 0 Å². The zero-order valence-electron chi connectivity index (χ0n) is 14.8. The summed E-state index contributed by atoms with van der Waals surface area (Å²) in [6.45, 7) is 6.48. The Morgan fingerprint density at radius 2 is 2.12 bits per heavy atom. The van der Waals surface area contributed by atoms with Crippen LogP contribution in [0.2, 0.25) is 0 Å². The second-order valence-electron chi connectivity index (χ2n) is 5.72. The van der Waals surface area contributed by atoms with Crippen LogP contribution in [0, 0.1) is 0 Å². The number of rotatable bonds is 8. The Morgan fingerprint density at radius 1 is 1.33 bits per heavy atom. The number of benzene rings is 1. The number of fused-ring (bicyclic) bond motifs is 1. The topological polar surface area (TPSA) is 61.4 Å². The molecule has 2 aromatic rings. The van der Waals surface area contributed by atoms with E-state index in [-0.39, 0.29) is 30.0 Å². The SMILES string of the molecule is CCNC(=NCCCc1c[nH]c2ccccc12)NC(C)COC.I. The number of hydrogen-bond acceptors (Lipinski definition) is 2. The average molecular weight is 444 g/mol. The maximum Gasteiger partial charge on any atom is 0.191 e. The summed E-state index contributed by atoms with van der Waals surface area (Å²) in [6.07, 6.45) is 4.16. The summed E-state index contributed by atoms with van der Waals surface area (Å²) in [4.78, 5) is 7.97. The highest BCUT2D eigenvalue weighted by molar-refractivity contribution is 14.0. The van der Waals surface area contributed by atoms with Gasteiger partial charge >= 0.3 is 0 Å². The van der Waals surface area contributed by atoms with Crippen molar-refractivity contribution in [3.8, 4) is 0 Å². The number of nitrogens with zero attached hydrogens (tertiary/aromatic N) is 1. The summed E-state index contributed by atoms with van der Waals surface area (Å²) >= 11 is 0. The van der Waals surface area contributed by atoms with Crippen LogP contribution < -0.4 is 10.6 Å². The third-order valence-corrected chi connectivity index (χ3v) is 3.69. The van der Waals surface area contributed by atoms with Crippen LogP contribution in [-0.2, 0) is 11.2 Å². The zero-order chi connectivity index (χ0) is 16.5. The third-order valence-electron chi connectivity index (χ3n) is 3.69. The van der Waals surface area contributed by atoms with Crippen LogP contribution >= 0.6 is 24.0 Å². The predicted molar refractivity (Wildman–Crippen MR) is 112 cm³/mol. The van der Waals surface area contributed by atoms with Gasteiger partial charge in [-0.1, -0.05) is 18.2 Å². The van der Waals surface area contributed by atoms with Crippen LogP contribution in [0.1, 0.15) is 25.8 Å². The number of aryl methyl sites for hydroxylation is 1. The Kier molecular flexibility index (Phi) is 9.78. The molecule has 0 saturated carbocycles. The van der Waals surface area contributed by atoms with Gasteiger partial charge < -0.3 is 20.4 Å². The van der Waals surface area contributed by atoms with Gasteiger partial charge in [-0.05, 0) is 38.3 Å². The quantitative estimate of drug-likeness (QED) is 0.254. The molecule has 5 nitrogen and oxygen atoms in total. The Morgan fingerprint density at radius 3 is 2.88 bits per heavy atom. The van der Waals surface area contributed by atoms with Crippen molar-refractivity contribution >= 4 is 40.8 Å². The third kappa shape index (κ3) is 6.32. The predicted octanol–water partition coefficient (Wildman–Crippen LogP) is 3.31. The number of para-hydroxylation sites is 1. The second kappa shape index (κ2) is 11.3. The molecule has 0 saturated heterocycles. The van der Waals surface area contributed by atoms with Crippen LogP contribution in [0.15, 0.2) is 35.5 Å². The second-order valence-corrected chi connectivity index (χ2v) is 5.72. The Bertz CT molecular complexity index is 626. The number of methoxy groups -OCH3 is 1. The van der Waals surface area contributed by atoms with Gasteiger partial charge in [-0.25, -0.2) is 0 Å². The fraction of sp³-hybridized carbons (Fsp3) is 0.500. The van der Waals surface area contributed by atoms with Crippen molar-refractivity contribution in [2.24, 2.45) is 4.99 Å². The molecule has 1 heterocycles. The molecule has 0 aliphatic carbocycles. The van der Waals surface area contributed by atoms with Crippen molar-refractivity contribution in [2.45, 2.75) is 32.7 Å². The van der Waals surface area contributed by atoms with Gasteiger partial charge in [-0.3, -0.25) is 4.99 Å². The van der Waals surface area contributed by atoms with Crippen molar-refractivity contribution in [3.63, 3.8) is 0 Å². The number of guanidine groups is 1. The van der Waals surface area contributed by atoms with Gasteiger partial charge in [0.15, 0.2) is 5.96 Å². The normalized spacial score (nSPS) is 12.7. The van der Waals surface area contributed by atoms with E-state index in [4.69, 9.17) is 4.74 Å². The minimum atomic E-state index is 0. The maximum absolute atomic E-state index is 5.15. The largest absolute Gasteiger partial charge is 0.383 e. The zero-order valence-corrected chi connectivity index (χ0v) is 17.1. The van der Waals surface area contributed by atoms with Crippen molar-refractivity contribution in [1.82, 2.24) is 15.6 Å². The van der Waals surface area contributed by atoms with Gasteiger partial charge in [-0.2, -0.15) is 0 Å². The van der Waals surface area contributed by atoms with Gasteiger partial charge in [0, 0.05) is 43.3 Å². The first-order valence-corrected chi connectivity index (χ1v) is 8.33. The lowest BCUT2D eigenvalue weighted by Gasteiger charge is -2.16. The maximum atomic E-state index is 5.15. The first-order valence-electron chi connectivity index (χ1n) is 8.33. The van der Waals surface area contributed by atoms with E-state index in [0.29, 0.717) is 6.61 Å². The Labute approximate surface area is 161 Å². The van der Waals surface area contributed by atoms with Crippen LogP contribution in [-0.4, -0.2) is 43.8 Å². The number of ether oxygens (including phenoxy) is 1. The summed E-state index contributed by atoms with van der Waals surface area (Å²) < 4.78 is 5.15. The first-order chi connectivity index (χ1) is 11.2. The molecule has 2 rings (SSSR count). The van der Waals surface area contributed by atoms with E-state index in [1.807, 2.05) is 0 Å². The molecule has 0 radical (unpaired) electrons. The number of aromatic amines is 1. The molecular formula is C18H29IN4O. The molecule has 1 unspecified atom stereocenters. The molecule has 0 aliphatic heterocycles.